The minimum absolute atomic E-state index is 0.0435. The van der Waals surface area contributed by atoms with Crippen molar-refractivity contribution in [2.24, 2.45) is 0 Å². The molecule has 17 heavy (non-hydrogen) atoms. The van der Waals surface area contributed by atoms with E-state index < -0.39 is 0 Å². The molecule has 0 aliphatic carbocycles. The number of carbonyl (C=O) groups excluding carboxylic acids is 1. The van der Waals surface area contributed by atoms with Gasteiger partial charge in [-0.25, -0.2) is 9.78 Å². The van der Waals surface area contributed by atoms with E-state index in [1.165, 1.54) is 10.9 Å². The zero-order chi connectivity index (χ0) is 12.3. The van der Waals surface area contributed by atoms with Crippen LogP contribution in [0.4, 0.5) is 4.79 Å². The lowest BCUT2D eigenvalue weighted by Gasteiger charge is -2.14. The average Bonchev–Trinajstić information content (AvgIpc) is 2.83. The van der Waals surface area contributed by atoms with Crippen LogP contribution in [0.2, 0.25) is 0 Å². The summed E-state index contributed by atoms with van der Waals surface area (Å²) < 4.78 is 2.43. The lowest BCUT2D eigenvalue weighted by molar-refractivity contribution is 0.239. The maximum absolute atomic E-state index is 11.8. The number of nitrogens with one attached hydrogen (secondary N) is 1. The van der Waals surface area contributed by atoms with Crippen LogP contribution < -0.4 is 5.32 Å². The van der Waals surface area contributed by atoms with Gasteiger partial charge in [-0.1, -0.05) is 28.1 Å². The van der Waals surface area contributed by atoms with E-state index in [-0.39, 0.29) is 12.1 Å². The molecule has 88 valence electrons. The van der Waals surface area contributed by atoms with Crippen LogP contribution in [0.3, 0.4) is 0 Å². The highest BCUT2D eigenvalue weighted by molar-refractivity contribution is 9.10. The van der Waals surface area contributed by atoms with Crippen molar-refractivity contribution in [2.75, 3.05) is 0 Å². The molecular formula is C12H12BrN3O. The maximum Gasteiger partial charge on any atom is 0.327 e. The number of hydrogen-bond donors (Lipinski definition) is 1. The highest BCUT2D eigenvalue weighted by Crippen LogP contribution is 2.16. The van der Waals surface area contributed by atoms with E-state index in [1.807, 2.05) is 31.2 Å². The predicted octanol–water partition coefficient (Wildman–Crippen LogP) is 2.96. The number of halogens is 1. The molecular weight excluding hydrogens is 282 g/mol. The number of rotatable bonds is 2. The molecule has 4 nitrogen and oxygen atoms in total. The van der Waals surface area contributed by atoms with E-state index in [0.717, 1.165) is 10.0 Å². The number of imidazole rings is 1. The van der Waals surface area contributed by atoms with Gasteiger partial charge in [0.25, 0.3) is 0 Å². The van der Waals surface area contributed by atoms with E-state index >= 15 is 0 Å². The van der Waals surface area contributed by atoms with Crippen LogP contribution in [0.5, 0.6) is 0 Å². The molecule has 0 fully saturated rings. The van der Waals surface area contributed by atoms with Gasteiger partial charge in [0.15, 0.2) is 0 Å². The van der Waals surface area contributed by atoms with E-state index in [0.29, 0.717) is 0 Å². The van der Waals surface area contributed by atoms with Gasteiger partial charge in [0.2, 0.25) is 0 Å². The summed E-state index contributed by atoms with van der Waals surface area (Å²) in [6.07, 6.45) is 4.66. The number of benzene rings is 1. The van der Waals surface area contributed by atoms with Crippen LogP contribution in [-0.4, -0.2) is 15.6 Å². The summed E-state index contributed by atoms with van der Waals surface area (Å²) >= 11 is 3.38. The molecule has 5 heteroatoms. The Kier molecular flexibility index (Phi) is 3.58. The summed E-state index contributed by atoms with van der Waals surface area (Å²) in [6.45, 7) is 1.94. The van der Waals surface area contributed by atoms with Crippen LogP contribution in [0.1, 0.15) is 18.5 Å². The Morgan fingerprint density at radius 2 is 2.12 bits per heavy atom. The molecule has 1 heterocycles. The molecule has 0 saturated carbocycles. The van der Waals surface area contributed by atoms with E-state index in [9.17, 15) is 4.79 Å². The quantitative estimate of drug-likeness (QED) is 0.925. The van der Waals surface area contributed by atoms with Crippen LogP contribution >= 0.6 is 15.9 Å². The first-order chi connectivity index (χ1) is 8.16. The van der Waals surface area contributed by atoms with Crippen molar-refractivity contribution in [1.29, 1.82) is 0 Å². The topological polar surface area (TPSA) is 46.9 Å². The third-order valence-corrected chi connectivity index (χ3v) is 2.98. The van der Waals surface area contributed by atoms with Crippen LogP contribution in [0.25, 0.3) is 0 Å². The van der Waals surface area contributed by atoms with Crippen LogP contribution in [-0.2, 0) is 0 Å². The fourth-order valence-corrected chi connectivity index (χ4v) is 1.74. The first-order valence-electron chi connectivity index (χ1n) is 5.21. The summed E-state index contributed by atoms with van der Waals surface area (Å²) in [7, 11) is 0. The van der Waals surface area contributed by atoms with Gasteiger partial charge in [0, 0.05) is 16.9 Å². The fourth-order valence-electron chi connectivity index (χ4n) is 1.47. The molecule has 0 spiro atoms. The lowest BCUT2D eigenvalue weighted by atomic mass is 10.1. The third-order valence-electron chi connectivity index (χ3n) is 2.45. The molecule has 1 N–H and O–H groups in total. The molecule has 2 aromatic rings. The normalized spacial score (nSPS) is 12.1. The Morgan fingerprint density at radius 3 is 2.71 bits per heavy atom. The van der Waals surface area contributed by atoms with Gasteiger partial charge in [-0.2, -0.15) is 0 Å². The first-order valence-corrected chi connectivity index (χ1v) is 6.00. The maximum atomic E-state index is 11.8. The van der Waals surface area contributed by atoms with E-state index in [1.54, 1.807) is 12.4 Å². The second-order valence-corrected chi connectivity index (χ2v) is 4.61. The Bertz CT molecular complexity index is 493. The largest absolute Gasteiger partial charge is 0.331 e. The van der Waals surface area contributed by atoms with Crippen molar-refractivity contribution in [2.45, 2.75) is 13.0 Å². The SMILES string of the molecule is C[C@H](NC(=O)n1ccnc1)c1ccc(Br)cc1. The first kappa shape index (κ1) is 11.9. The molecule has 1 aromatic carbocycles. The van der Waals surface area contributed by atoms with Crippen LogP contribution in [0, 0.1) is 0 Å². The summed E-state index contributed by atoms with van der Waals surface area (Å²) in [4.78, 5) is 15.6. The Hall–Kier alpha value is -1.62. The molecule has 1 atom stereocenters. The highest BCUT2D eigenvalue weighted by Gasteiger charge is 2.10. The molecule has 0 aliphatic heterocycles. The van der Waals surface area contributed by atoms with Crippen molar-refractivity contribution >= 4 is 22.0 Å². The van der Waals surface area contributed by atoms with Crippen molar-refractivity contribution in [3.63, 3.8) is 0 Å². The van der Waals surface area contributed by atoms with Gasteiger partial charge < -0.3 is 5.32 Å². The Morgan fingerprint density at radius 1 is 1.41 bits per heavy atom. The van der Waals surface area contributed by atoms with Gasteiger partial charge in [0.1, 0.15) is 6.33 Å². The lowest BCUT2D eigenvalue weighted by Crippen LogP contribution is -2.30. The number of aromatic nitrogens is 2. The minimum Gasteiger partial charge on any atom is -0.331 e. The molecule has 0 bridgehead atoms. The Labute approximate surface area is 108 Å². The molecule has 1 amide bonds. The zero-order valence-corrected chi connectivity index (χ0v) is 10.9. The number of nitrogens with zero attached hydrogens (tertiary/aromatic N) is 2. The van der Waals surface area contributed by atoms with E-state index in [4.69, 9.17) is 0 Å². The van der Waals surface area contributed by atoms with Gasteiger partial charge in [-0.3, -0.25) is 4.57 Å². The number of amides is 1. The second-order valence-electron chi connectivity index (χ2n) is 3.69. The number of hydrogen-bond acceptors (Lipinski definition) is 2. The number of carbonyl (C=O) groups is 1. The van der Waals surface area contributed by atoms with Crippen molar-refractivity contribution < 1.29 is 4.79 Å². The molecule has 0 saturated heterocycles. The Balaban J connectivity index is 2.04. The van der Waals surface area contributed by atoms with Gasteiger partial charge in [0.05, 0.1) is 6.04 Å². The van der Waals surface area contributed by atoms with Crippen molar-refractivity contribution in [3.05, 3.63) is 53.0 Å². The van der Waals surface area contributed by atoms with Crippen molar-refractivity contribution in [3.8, 4) is 0 Å². The average molecular weight is 294 g/mol. The van der Waals surface area contributed by atoms with Gasteiger partial charge in [-0.15, -0.1) is 0 Å². The standard InChI is InChI=1S/C12H12BrN3O/c1-9(10-2-4-11(13)5-3-10)15-12(17)16-7-6-14-8-16/h2-9H,1H3,(H,15,17)/t9-/m0/s1. The predicted molar refractivity (Wildman–Crippen MR) is 68.7 cm³/mol. The molecule has 0 unspecified atom stereocenters. The molecule has 2 rings (SSSR count). The minimum atomic E-state index is -0.182. The molecule has 1 aromatic heterocycles. The fraction of sp³-hybridized carbons (Fsp3) is 0.167. The smallest absolute Gasteiger partial charge is 0.327 e. The summed E-state index contributed by atoms with van der Waals surface area (Å²) in [5.74, 6) is 0. The summed E-state index contributed by atoms with van der Waals surface area (Å²) in [5.41, 5.74) is 1.06. The van der Waals surface area contributed by atoms with E-state index in [2.05, 4.69) is 26.2 Å². The third kappa shape index (κ3) is 2.94. The van der Waals surface area contributed by atoms with Gasteiger partial charge in [-0.05, 0) is 24.6 Å². The van der Waals surface area contributed by atoms with Crippen molar-refractivity contribution in [1.82, 2.24) is 14.9 Å². The second kappa shape index (κ2) is 5.14. The monoisotopic (exact) mass is 293 g/mol. The molecule has 0 aliphatic rings. The molecule has 0 radical (unpaired) electrons. The summed E-state index contributed by atoms with van der Waals surface area (Å²) in [5, 5.41) is 2.89. The zero-order valence-electron chi connectivity index (χ0n) is 9.30. The van der Waals surface area contributed by atoms with Crippen LogP contribution in [0.15, 0.2) is 47.5 Å². The highest BCUT2D eigenvalue weighted by atomic mass is 79.9. The summed E-state index contributed by atoms with van der Waals surface area (Å²) in [6, 6.07) is 7.63. The van der Waals surface area contributed by atoms with Gasteiger partial charge >= 0.3 is 6.03 Å².